The van der Waals surface area contributed by atoms with E-state index >= 15 is 0 Å². The minimum atomic E-state index is -0.374. The van der Waals surface area contributed by atoms with Gasteiger partial charge in [0.2, 0.25) is 5.82 Å². The molecular weight excluding hydrogens is 256 g/mol. The van der Waals surface area contributed by atoms with Crippen LogP contribution in [0.5, 0.6) is 0 Å². The number of rotatable bonds is 8. The van der Waals surface area contributed by atoms with Crippen LogP contribution in [0, 0.1) is 10.1 Å². The highest BCUT2D eigenvalue weighted by molar-refractivity contribution is 5.61. The van der Waals surface area contributed by atoms with Gasteiger partial charge < -0.3 is 10.2 Å². The molecule has 6 nitrogen and oxygen atoms in total. The molecule has 1 atom stereocenters. The third-order valence-corrected chi connectivity index (χ3v) is 3.31. The monoisotopic (exact) mass is 280 g/mol. The average Bonchev–Trinajstić information content (AvgIpc) is 2.44. The molecule has 0 aliphatic carbocycles. The van der Waals surface area contributed by atoms with Gasteiger partial charge in [-0.15, -0.1) is 0 Å². The second kappa shape index (κ2) is 7.67. The number of hydrogen-bond acceptors (Lipinski definition) is 5. The van der Waals surface area contributed by atoms with Crippen molar-refractivity contribution in [3.63, 3.8) is 0 Å². The van der Waals surface area contributed by atoms with Crippen LogP contribution < -0.4 is 10.2 Å². The van der Waals surface area contributed by atoms with Gasteiger partial charge in [-0.3, -0.25) is 10.1 Å². The maximum Gasteiger partial charge on any atom is 0.311 e. The van der Waals surface area contributed by atoms with E-state index < -0.39 is 0 Å². The summed E-state index contributed by atoms with van der Waals surface area (Å²) < 4.78 is 0. The number of hydrogen-bond donors (Lipinski definition) is 1. The topological polar surface area (TPSA) is 71.3 Å². The van der Waals surface area contributed by atoms with Crippen molar-refractivity contribution in [3.8, 4) is 0 Å². The van der Waals surface area contributed by atoms with Crippen LogP contribution in [0.2, 0.25) is 0 Å². The molecule has 112 valence electrons. The normalized spacial score (nSPS) is 12.0. The fourth-order valence-electron chi connectivity index (χ4n) is 2.01. The molecule has 0 saturated heterocycles. The fraction of sp³-hybridized carbons (Fsp3) is 0.643. The Morgan fingerprint density at radius 2 is 2.10 bits per heavy atom. The van der Waals surface area contributed by atoms with E-state index in [1.807, 2.05) is 11.9 Å². The molecule has 0 fully saturated rings. The first-order valence-corrected chi connectivity index (χ1v) is 7.13. The molecule has 0 spiro atoms. The van der Waals surface area contributed by atoms with Gasteiger partial charge in [0.1, 0.15) is 5.82 Å². The summed E-state index contributed by atoms with van der Waals surface area (Å²) in [6.07, 6.45) is 2.99. The van der Waals surface area contributed by atoms with Gasteiger partial charge in [-0.2, -0.15) is 0 Å². The van der Waals surface area contributed by atoms with E-state index in [9.17, 15) is 10.1 Å². The summed E-state index contributed by atoms with van der Waals surface area (Å²) in [5.41, 5.74) is 0.0532. The molecule has 1 heterocycles. The molecule has 0 aliphatic rings. The van der Waals surface area contributed by atoms with Gasteiger partial charge in [0.25, 0.3) is 0 Å². The molecule has 1 unspecified atom stereocenters. The van der Waals surface area contributed by atoms with Crippen molar-refractivity contribution >= 4 is 17.3 Å². The lowest BCUT2D eigenvalue weighted by Crippen LogP contribution is -2.30. The molecule has 1 aromatic heterocycles. The van der Waals surface area contributed by atoms with Gasteiger partial charge in [-0.1, -0.05) is 20.3 Å². The maximum atomic E-state index is 11.2. The molecule has 0 amide bonds. The van der Waals surface area contributed by atoms with Crippen LogP contribution in [0.1, 0.15) is 40.0 Å². The minimum absolute atomic E-state index is 0.0532. The first-order valence-electron chi connectivity index (χ1n) is 7.13. The third-order valence-electron chi connectivity index (χ3n) is 3.31. The SMILES string of the molecule is CCCNc1ccc([N+](=O)[O-])c(N(C)C(C)CCC)n1. The number of nitrogens with zero attached hydrogens (tertiary/aromatic N) is 3. The molecule has 1 aromatic rings. The molecule has 1 N–H and O–H groups in total. The molecule has 0 radical (unpaired) electrons. The Hall–Kier alpha value is -1.85. The van der Waals surface area contributed by atoms with Crippen LogP contribution in [0.3, 0.4) is 0 Å². The number of aromatic nitrogens is 1. The smallest absolute Gasteiger partial charge is 0.311 e. The van der Waals surface area contributed by atoms with Crippen molar-refractivity contribution < 1.29 is 4.92 Å². The third kappa shape index (κ3) is 4.08. The number of nitro groups is 1. The summed E-state index contributed by atoms with van der Waals surface area (Å²) in [6.45, 7) is 7.03. The molecule has 20 heavy (non-hydrogen) atoms. The van der Waals surface area contributed by atoms with Gasteiger partial charge >= 0.3 is 5.69 Å². The van der Waals surface area contributed by atoms with Gasteiger partial charge in [0.15, 0.2) is 0 Å². The lowest BCUT2D eigenvalue weighted by Gasteiger charge is -2.25. The molecule has 6 heteroatoms. The molecule has 0 bridgehead atoms. The summed E-state index contributed by atoms with van der Waals surface area (Å²) in [5, 5.41) is 14.3. The van der Waals surface area contributed by atoms with Crippen LogP contribution in [0.25, 0.3) is 0 Å². The molecule has 0 saturated carbocycles. The van der Waals surface area contributed by atoms with Crippen LogP contribution in [-0.2, 0) is 0 Å². The Labute approximate surface area is 120 Å². The van der Waals surface area contributed by atoms with Gasteiger partial charge in [0, 0.05) is 25.7 Å². The zero-order valence-corrected chi connectivity index (χ0v) is 12.7. The van der Waals surface area contributed by atoms with E-state index in [2.05, 4.69) is 31.1 Å². The molecule has 1 rings (SSSR count). The van der Waals surface area contributed by atoms with Gasteiger partial charge in [-0.25, -0.2) is 4.98 Å². The fourth-order valence-corrected chi connectivity index (χ4v) is 2.01. The largest absolute Gasteiger partial charge is 0.370 e. The lowest BCUT2D eigenvalue weighted by atomic mass is 10.1. The van der Waals surface area contributed by atoms with E-state index in [1.165, 1.54) is 6.07 Å². The van der Waals surface area contributed by atoms with Crippen LogP contribution in [0.15, 0.2) is 12.1 Å². The van der Waals surface area contributed by atoms with E-state index in [1.54, 1.807) is 6.07 Å². The van der Waals surface area contributed by atoms with Crippen molar-refractivity contribution in [2.24, 2.45) is 0 Å². The van der Waals surface area contributed by atoms with Crippen molar-refractivity contribution in [2.45, 2.75) is 46.1 Å². The van der Waals surface area contributed by atoms with Crippen molar-refractivity contribution in [2.75, 3.05) is 23.8 Å². The predicted molar refractivity (Wildman–Crippen MR) is 82.4 cm³/mol. The van der Waals surface area contributed by atoms with Crippen LogP contribution in [0.4, 0.5) is 17.3 Å². The number of anilines is 2. The highest BCUT2D eigenvalue weighted by atomic mass is 16.6. The second-order valence-corrected chi connectivity index (χ2v) is 4.97. The Kier molecular flexibility index (Phi) is 6.21. The van der Waals surface area contributed by atoms with E-state index in [0.717, 1.165) is 25.8 Å². The maximum absolute atomic E-state index is 11.2. The Morgan fingerprint density at radius 1 is 1.40 bits per heavy atom. The first kappa shape index (κ1) is 16.2. The summed E-state index contributed by atoms with van der Waals surface area (Å²) in [4.78, 5) is 17.1. The van der Waals surface area contributed by atoms with Crippen molar-refractivity contribution in [3.05, 3.63) is 22.2 Å². The predicted octanol–water partition coefficient (Wildman–Crippen LogP) is 3.44. The summed E-state index contributed by atoms with van der Waals surface area (Å²) in [5.74, 6) is 1.11. The highest BCUT2D eigenvalue weighted by Crippen LogP contribution is 2.28. The van der Waals surface area contributed by atoms with Crippen molar-refractivity contribution in [1.82, 2.24) is 4.98 Å². The summed E-state index contributed by atoms with van der Waals surface area (Å²) in [6, 6.07) is 3.40. The highest BCUT2D eigenvalue weighted by Gasteiger charge is 2.22. The van der Waals surface area contributed by atoms with E-state index in [0.29, 0.717) is 11.6 Å². The van der Waals surface area contributed by atoms with E-state index in [-0.39, 0.29) is 16.7 Å². The van der Waals surface area contributed by atoms with Crippen LogP contribution in [-0.4, -0.2) is 29.5 Å². The Morgan fingerprint density at radius 3 is 2.65 bits per heavy atom. The Balaban J connectivity index is 3.07. The van der Waals surface area contributed by atoms with E-state index in [4.69, 9.17) is 0 Å². The molecular formula is C14H24N4O2. The first-order chi connectivity index (χ1) is 9.51. The van der Waals surface area contributed by atoms with Gasteiger partial charge in [0.05, 0.1) is 4.92 Å². The zero-order chi connectivity index (χ0) is 15.1. The number of nitrogens with one attached hydrogen (secondary N) is 1. The Bertz CT molecular complexity index is 451. The summed E-state index contributed by atoms with van der Waals surface area (Å²) >= 11 is 0. The molecule has 0 aromatic carbocycles. The van der Waals surface area contributed by atoms with Crippen molar-refractivity contribution in [1.29, 1.82) is 0 Å². The standard InChI is InChI=1S/C14H24N4O2/c1-5-7-11(3)17(4)14-12(18(19)20)8-9-13(16-14)15-10-6-2/h8-9,11H,5-7,10H2,1-4H3,(H,15,16). The number of pyridine rings is 1. The molecule has 0 aliphatic heterocycles. The summed E-state index contributed by atoms with van der Waals surface area (Å²) in [7, 11) is 1.86. The quantitative estimate of drug-likeness (QED) is 0.583. The minimum Gasteiger partial charge on any atom is -0.370 e. The zero-order valence-electron chi connectivity index (χ0n) is 12.7. The average molecular weight is 280 g/mol. The second-order valence-electron chi connectivity index (χ2n) is 4.97. The van der Waals surface area contributed by atoms with Crippen LogP contribution >= 0.6 is 0 Å². The lowest BCUT2D eigenvalue weighted by molar-refractivity contribution is -0.384. The van der Waals surface area contributed by atoms with Gasteiger partial charge in [-0.05, 0) is 25.8 Å².